The number of hydrogen-bond acceptors (Lipinski definition) is 3. The molecule has 6 heteroatoms. The number of carboxylic acids is 1. The summed E-state index contributed by atoms with van der Waals surface area (Å²) < 4.78 is 27.2. The van der Waals surface area contributed by atoms with Gasteiger partial charge in [-0.05, 0) is 36.5 Å². The summed E-state index contributed by atoms with van der Waals surface area (Å²) in [5, 5.41) is 8.94. The van der Waals surface area contributed by atoms with Crippen molar-refractivity contribution in [2.24, 2.45) is 5.92 Å². The van der Waals surface area contributed by atoms with Gasteiger partial charge in [0.1, 0.15) is 0 Å². The Morgan fingerprint density at radius 1 is 1.33 bits per heavy atom. The second-order valence-corrected chi connectivity index (χ2v) is 7.50. The zero-order valence-electron chi connectivity index (χ0n) is 12.1. The van der Waals surface area contributed by atoms with Crippen molar-refractivity contribution in [1.82, 2.24) is 4.72 Å². The maximum Gasteiger partial charge on any atom is 0.335 e. The van der Waals surface area contributed by atoms with Crippen LogP contribution in [0.3, 0.4) is 0 Å². The Balaban J connectivity index is 2.06. The third kappa shape index (κ3) is 4.54. The van der Waals surface area contributed by atoms with Crippen molar-refractivity contribution in [3.63, 3.8) is 0 Å². The van der Waals surface area contributed by atoms with Crippen molar-refractivity contribution in [1.29, 1.82) is 0 Å². The average molecular weight is 311 g/mol. The molecule has 0 amide bonds. The fourth-order valence-corrected chi connectivity index (χ4v) is 4.29. The first-order chi connectivity index (χ1) is 9.87. The largest absolute Gasteiger partial charge is 0.478 e. The summed E-state index contributed by atoms with van der Waals surface area (Å²) in [6.45, 7) is 2.07. The van der Waals surface area contributed by atoms with Crippen molar-refractivity contribution in [3.05, 3.63) is 35.4 Å². The van der Waals surface area contributed by atoms with E-state index in [0.717, 1.165) is 25.7 Å². The van der Waals surface area contributed by atoms with Gasteiger partial charge in [-0.25, -0.2) is 17.9 Å². The minimum atomic E-state index is -3.45. The number of hydrogen-bond donors (Lipinski definition) is 2. The van der Waals surface area contributed by atoms with E-state index in [-0.39, 0.29) is 17.4 Å². The molecular weight excluding hydrogens is 290 g/mol. The zero-order valence-corrected chi connectivity index (χ0v) is 12.9. The monoisotopic (exact) mass is 311 g/mol. The summed E-state index contributed by atoms with van der Waals surface area (Å²) in [5.74, 6) is -0.890. The van der Waals surface area contributed by atoms with Gasteiger partial charge in [-0.1, -0.05) is 31.9 Å². The molecule has 2 rings (SSSR count). The molecule has 1 aliphatic carbocycles. The zero-order chi connectivity index (χ0) is 15.5. The smallest absolute Gasteiger partial charge is 0.335 e. The van der Waals surface area contributed by atoms with Crippen LogP contribution in [0.25, 0.3) is 0 Å². The van der Waals surface area contributed by atoms with E-state index in [0.29, 0.717) is 11.5 Å². The number of benzene rings is 1. The van der Waals surface area contributed by atoms with Crippen molar-refractivity contribution in [3.8, 4) is 0 Å². The van der Waals surface area contributed by atoms with Crippen LogP contribution in [0.5, 0.6) is 0 Å². The van der Waals surface area contributed by atoms with Gasteiger partial charge in [0.25, 0.3) is 0 Å². The van der Waals surface area contributed by atoms with Gasteiger partial charge < -0.3 is 5.11 Å². The lowest BCUT2D eigenvalue weighted by molar-refractivity contribution is 0.0696. The first kappa shape index (κ1) is 16.0. The number of sulfonamides is 1. The van der Waals surface area contributed by atoms with Crippen LogP contribution in [0.4, 0.5) is 0 Å². The lowest BCUT2D eigenvalue weighted by Gasteiger charge is -2.29. The van der Waals surface area contributed by atoms with Crippen LogP contribution in [0.1, 0.15) is 48.5 Å². The van der Waals surface area contributed by atoms with Gasteiger partial charge in [-0.2, -0.15) is 0 Å². The van der Waals surface area contributed by atoms with E-state index in [2.05, 4.69) is 11.6 Å². The van der Waals surface area contributed by atoms with Crippen LogP contribution in [-0.2, 0) is 15.8 Å². The fraction of sp³-hybridized carbons (Fsp3) is 0.533. The standard InChI is InChI=1S/C15H21NO4S/c1-11-5-2-3-8-14(11)16-21(19,20)10-12-6-4-7-13(9-12)15(17)18/h4,6-7,9,11,14,16H,2-3,5,8,10H2,1H3,(H,17,18). The first-order valence-corrected chi connectivity index (χ1v) is 8.85. The fourth-order valence-electron chi connectivity index (χ4n) is 2.78. The molecule has 1 saturated carbocycles. The van der Waals surface area contributed by atoms with Gasteiger partial charge in [-0.15, -0.1) is 0 Å². The summed E-state index contributed by atoms with van der Waals surface area (Å²) in [5.41, 5.74) is 0.597. The van der Waals surface area contributed by atoms with Crippen molar-refractivity contribution >= 4 is 16.0 Å². The summed E-state index contributed by atoms with van der Waals surface area (Å²) in [7, 11) is -3.45. The molecule has 2 N–H and O–H groups in total. The Morgan fingerprint density at radius 3 is 2.71 bits per heavy atom. The summed E-state index contributed by atoms with van der Waals surface area (Å²) in [6, 6.07) is 6.06. The topological polar surface area (TPSA) is 83.5 Å². The van der Waals surface area contributed by atoms with Gasteiger partial charge >= 0.3 is 5.97 Å². The quantitative estimate of drug-likeness (QED) is 0.874. The third-order valence-corrected chi connectivity index (χ3v) is 5.35. The van der Waals surface area contributed by atoms with Crippen LogP contribution in [-0.4, -0.2) is 25.5 Å². The molecular formula is C15H21NO4S. The van der Waals surface area contributed by atoms with E-state index in [1.54, 1.807) is 12.1 Å². The lowest BCUT2D eigenvalue weighted by atomic mass is 9.87. The van der Waals surface area contributed by atoms with E-state index >= 15 is 0 Å². The van der Waals surface area contributed by atoms with Crippen LogP contribution >= 0.6 is 0 Å². The number of nitrogens with one attached hydrogen (secondary N) is 1. The second-order valence-electron chi connectivity index (χ2n) is 5.75. The number of carboxylic acid groups (broad SMARTS) is 1. The van der Waals surface area contributed by atoms with Crippen LogP contribution in [0, 0.1) is 5.92 Å². The Hall–Kier alpha value is -1.40. The molecule has 0 bridgehead atoms. The van der Waals surface area contributed by atoms with E-state index in [4.69, 9.17) is 5.11 Å². The van der Waals surface area contributed by atoms with E-state index in [9.17, 15) is 13.2 Å². The lowest BCUT2D eigenvalue weighted by Crippen LogP contribution is -2.41. The molecule has 0 heterocycles. The molecule has 1 aromatic carbocycles. The molecule has 0 radical (unpaired) electrons. The average Bonchev–Trinajstić information content (AvgIpc) is 2.41. The van der Waals surface area contributed by atoms with Crippen LogP contribution in [0.2, 0.25) is 0 Å². The molecule has 1 fully saturated rings. The molecule has 1 aliphatic rings. The minimum Gasteiger partial charge on any atom is -0.478 e. The maximum atomic E-state index is 12.2. The highest BCUT2D eigenvalue weighted by atomic mass is 32.2. The summed E-state index contributed by atoms with van der Waals surface area (Å²) >= 11 is 0. The molecule has 1 aromatic rings. The third-order valence-electron chi connectivity index (χ3n) is 3.97. The van der Waals surface area contributed by atoms with Crippen molar-refractivity contribution in [2.45, 2.75) is 44.4 Å². The van der Waals surface area contributed by atoms with Gasteiger partial charge in [-0.3, -0.25) is 0 Å². The molecule has 0 spiro atoms. The van der Waals surface area contributed by atoms with Crippen molar-refractivity contribution < 1.29 is 18.3 Å². The van der Waals surface area contributed by atoms with Gasteiger partial charge in [0, 0.05) is 6.04 Å². The van der Waals surface area contributed by atoms with Gasteiger partial charge in [0.15, 0.2) is 0 Å². The molecule has 0 aromatic heterocycles. The minimum absolute atomic E-state index is 0.00796. The summed E-state index contributed by atoms with van der Waals surface area (Å²) in [4.78, 5) is 10.9. The molecule has 2 atom stereocenters. The van der Waals surface area contributed by atoms with E-state index in [1.165, 1.54) is 12.1 Å². The van der Waals surface area contributed by atoms with Gasteiger partial charge in [0.2, 0.25) is 10.0 Å². The molecule has 5 nitrogen and oxygen atoms in total. The normalized spacial score (nSPS) is 22.9. The molecule has 116 valence electrons. The van der Waals surface area contributed by atoms with E-state index in [1.807, 2.05) is 0 Å². The highest BCUT2D eigenvalue weighted by molar-refractivity contribution is 7.88. The Labute approximate surface area is 125 Å². The second kappa shape index (κ2) is 6.58. The molecule has 0 aliphatic heterocycles. The highest BCUT2D eigenvalue weighted by Crippen LogP contribution is 2.24. The van der Waals surface area contributed by atoms with Gasteiger partial charge in [0.05, 0.1) is 11.3 Å². The van der Waals surface area contributed by atoms with Crippen LogP contribution < -0.4 is 4.72 Å². The Bertz CT molecular complexity index is 612. The van der Waals surface area contributed by atoms with Crippen molar-refractivity contribution in [2.75, 3.05) is 0 Å². The molecule has 0 saturated heterocycles. The predicted molar refractivity (Wildman–Crippen MR) is 80.6 cm³/mol. The SMILES string of the molecule is CC1CCCCC1NS(=O)(=O)Cc1cccc(C(=O)O)c1. The Morgan fingerprint density at radius 2 is 2.05 bits per heavy atom. The molecule has 2 unspecified atom stereocenters. The molecule has 21 heavy (non-hydrogen) atoms. The summed E-state index contributed by atoms with van der Waals surface area (Å²) in [6.07, 6.45) is 4.11. The Kier molecular flexibility index (Phi) is 5.00. The van der Waals surface area contributed by atoms with E-state index < -0.39 is 16.0 Å². The predicted octanol–water partition coefficient (Wildman–Crippen LogP) is 2.38. The number of aromatic carboxylic acids is 1. The number of carbonyl (C=O) groups is 1. The maximum absolute atomic E-state index is 12.2. The highest BCUT2D eigenvalue weighted by Gasteiger charge is 2.25. The first-order valence-electron chi connectivity index (χ1n) is 7.19. The number of rotatable bonds is 5. The van der Waals surface area contributed by atoms with Crippen LogP contribution in [0.15, 0.2) is 24.3 Å².